The van der Waals surface area contributed by atoms with E-state index in [1.165, 1.54) is 12.1 Å². The van der Waals surface area contributed by atoms with E-state index >= 15 is 0 Å². The lowest BCUT2D eigenvalue weighted by molar-refractivity contribution is -0.384. The van der Waals surface area contributed by atoms with E-state index in [0.29, 0.717) is 39.3 Å². The van der Waals surface area contributed by atoms with E-state index < -0.39 is 21.5 Å². The smallest absolute Gasteiger partial charge is 0.270 e. The Morgan fingerprint density at radius 2 is 1.71 bits per heavy atom. The fourth-order valence-electron chi connectivity index (χ4n) is 3.66. The Balaban J connectivity index is 1.92. The molecule has 0 amide bonds. The van der Waals surface area contributed by atoms with Gasteiger partial charge in [0.05, 0.1) is 16.6 Å². The predicted molar refractivity (Wildman–Crippen MR) is 116 cm³/mol. The van der Waals surface area contributed by atoms with Crippen molar-refractivity contribution in [1.29, 1.82) is 0 Å². The predicted octanol–water partition coefficient (Wildman–Crippen LogP) is 3.95. The number of fused-ring (bicyclic) bond motifs is 1. The number of carbonyl (C=O) groups excluding carboxylic acids is 1. The molecule has 3 aromatic carbocycles. The van der Waals surface area contributed by atoms with Gasteiger partial charge in [0, 0.05) is 28.8 Å². The minimum Gasteiger partial charge on any atom is -0.456 e. The Hall–Kier alpha value is -3.78. The van der Waals surface area contributed by atoms with Crippen molar-refractivity contribution in [2.24, 2.45) is 0 Å². The van der Waals surface area contributed by atoms with Crippen LogP contribution in [0.15, 0.2) is 72.8 Å². The zero-order valence-corrected chi connectivity index (χ0v) is 17.0. The number of para-hydroxylation sites is 1. The van der Waals surface area contributed by atoms with Gasteiger partial charge < -0.3 is 9.53 Å². The molecule has 0 N–H and O–H groups in total. The summed E-state index contributed by atoms with van der Waals surface area (Å²) in [5.74, 6) is 0.162. The Labute approximate surface area is 179 Å². The largest absolute Gasteiger partial charge is 0.456 e. The average molecular weight is 435 g/mol. The first-order valence-corrected chi connectivity index (χ1v) is 10.8. The van der Waals surface area contributed by atoms with Gasteiger partial charge in [-0.1, -0.05) is 54.6 Å². The number of carbonyl (C=O) groups is 1. The number of hydrogen-bond acceptors (Lipinski definition) is 6. The number of ether oxygens (including phenoxy) is 1. The van der Waals surface area contributed by atoms with Gasteiger partial charge in [-0.15, -0.1) is 0 Å². The van der Waals surface area contributed by atoms with Gasteiger partial charge in [0.15, 0.2) is 0 Å². The molecule has 1 aliphatic rings. The Bertz CT molecular complexity index is 1270. The topological polar surface area (TPSA) is 104 Å². The number of allylic oxidation sites excluding steroid dienone is 1. The maximum absolute atomic E-state index is 12.2. The van der Waals surface area contributed by atoms with Gasteiger partial charge in [0.2, 0.25) is 0 Å². The number of benzene rings is 3. The van der Waals surface area contributed by atoms with Gasteiger partial charge in [0.1, 0.15) is 28.5 Å². The minimum absolute atomic E-state index is 0.0763. The first-order chi connectivity index (χ1) is 15.0. The molecule has 0 saturated carbocycles. The van der Waals surface area contributed by atoms with E-state index in [1.54, 1.807) is 60.7 Å². The molecule has 0 aromatic heterocycles. The molecule has 0 aliphatic carbocycles. The van der Waals surface area contributed by atoms with E-state index in [4.69, 9.17) is 4.74 Å². The fraction of sp³-hybridized carbons (Fsp3) is 0.0870. The zero-order valence-electron chi connectivity index (χ0n) is 16.1. The van der Waals surface area contributed by atoms with Gasteiger partial charge in [-0.3, -0.25) is 10.1 Å². The molecule has 1 atom stereocenters. The van der Waals surface area contributed by atoms with Crippen molar-refractivity contribution < 1.29 is 22.9 Å². The summed E-state index contributed by atoms with van der Waals surface area (Å²) >= 11 is 0. The standard InChI is InChI=1S/C23H17NO6S/c25-13-20-19-6-1-2-7-21(19)30-23(16-10-8-15(9-11-16)14-31(28)29)22(20)17-4-3-5-18(12-17)24(26)27/h1-13,20,31H,14H2. The van der Waals surface area contributed by atoms with Crippen molar-refractivity contribution in [1.82, 2.24) is 0 Å². The molecule has 7 nitrogen and oxygen atoms in total. The zero-order chi connectivity index (χ0) is 22.0. The van der Waals surface area contributed by atoms with Crippen LogP contribution in [0.4, 0.5) is 5.69 Å². The third kappa shape index (κ3) is 4.10. The maximum atomic E-state index is 12.2. The molecular formula is C23H17NO6S. The van der Waals surface area contributed by atoms with E-state index in [9.17, 15) is 23.3 Å². The highest BCUT2D eigenvalue weighted by atomic mass is 32.2. The fourth-order valence-corrected chi connectivity index (χ4v) is 4.17. The molecule has 0 saturated heterocycles. The van der Waals surface area contributed by atoms with Gasteiger partial charge in [0.25, 0.3) is 5.69 Å². The SMILES string of the molecule is O=CC1C(c2cccc([N+](=O)[O-])c2)=C(c2ccc(C[SH](=O)=O)cc2)Oc2ccccc21. The van der Waals surface area contributed by atoms with E-state index in [1.807, 2.05) is 0 Å². The van der Waals surface area contributed by atoms with Gasteiger partial charge in [-0.2, -0.15) is 0 Å². The third-order valence-electron chi connectivity index (χ3n) is 5.05. The maximum Gasteiger partial charge on any atom is 0.270 e. The Kier molecular flexibility index (Phi) is 5.64. The average Bonchev–Trinajstić information content (AvgIpc) is 2.78. The Morgan fingerprint density at radius 3 is 2.39 bits per heavy atom. The summed E-state index contributed by atoms with van der Waals surface area (Å²) in [7, 11) is -2.55. The molecule has 1 aliphatic heterocycles. The van der Waals surface area contributed by atoms with E-state index in [0.717, 1.165) is 6.29 Å². The first kappa shape index (κ1) is 20.5. The molecule has 1 heterocycles. The lowest BCUT2D eigenvalue weighted by atomic mass is 9.83. The summed E-state index contributed by atoms with van der Waals surface area (Å²) in [5, 5.41) is 11.3. The van der Waals surface area contributed by atoms with Gasteiger partial charge in [-0.05, 0) is 17.2 Å². The highest BCUT2D eigenvalue weighted by Gasteiger charge is 2.31. The number of nitro benzene ring substituents is 1. The van der Waals surface area contributed by atoms with Gasteiger partial charge >= 0.3 is 0 Å². The quantitative estimate of drug-likeness (QED) is 0.272. The van der Waals surface area contributed by atoms with Crippen LogP contribution in [0.1, 0.15) is 28.2 Å². The third-order valence-corrected chi connectivity index (χ3v) is 5.68. The summed E-state index contributed by atoms with van der Waals surface area (Å²) in [5.41, 5.74) is 2.85. The van der Waals surface area contributed by atoms with Gasteiger partial charge in [-0.25, -0.2) is 8.42 Å². The van der Waals surface area contributed by atoms with Crippen LogP contribution in [0.5, 0.6) is 5.75 Å². The molecule has 156 valence electrons. The summed E-state index contributed by atoms with van der Waals surface area (Å²) in [6, 6.07) is 20.0. The molecule has 4 rings (SSSR count). The number of nitro groups is 1. The lowest BCUT2D eigenvalue weighted by Gasteiger charge is -2.28. The van der Waals surface area contributed by atoms with Crippen LogP contribution in [0.2, 0.25) is 0 Å². The van der Waals surface area contributed by atoms with E-state index in [2.05, 4.69) is 0 Å². The van der Waals surface area contributed by atoms with Crippen LogP contribution in [0.25, 0.3) is 11.3 Å². The van der Waals surface area contributed by atoms with Crippen molar-refractivity contribution in [3.8, 4) is 5.75 Å². The Morgan fingerprint density at radius 1 is 0.968 bits per heavy atom. The highest BCUT2D eigenvalue weighted by molar-refractivity contribution is 7.71. The highest BCUT2D eigenvalue weighted by Crippen LogP contribution is 2.46. The monoisotopic (exact) mass is 435 g/mol. The van der Waals surface area contributed by atoms with Crippen LogP contribution in [-0.2, 0) is 21.3 Å². The van der Waals surface area contributed by atoms with Crippen molar-refractivity contribution in [2.75, 3.05) is 0 Å². The van der Waals surface area contributed by atoms with E-state index in [-0.39, 0.29) is 11.4 Å². The normalized spacial score (nSPS) is 15.3. The molecule has 0 bridgehead atoms. The van der Waals surface area contributed by atoms with Crippen LogP contribution < -0.4 is 4.74 Å². The number of non-ortho nitro benzene ring substituents is 1. The molecule has 31 heavy (non-hydrogen) atoms. The first-order valence-electron chi connectivity index (χ1n) is 9.40. The van der Waals surface area contributed by atoms with Crippen LogP contribution in [0.3, 0.4) is 0 Å². The molecule has 0 fully saturated rings. The van der Waals surface area contributed by atoms with Crippen LogP contribution in [-0.4, -0.2) is 19.6 Å². The number of thiol groups is 1. The second-order valence-corrected chi connectivity index (χ2v) is 7.97. The molecule has 1 unspecified atom stereocenters. The number of aldehydes is 1. The van der Waals surface area contributed by atoms with Crippen LogP contribution >= 0.6 is 0 Å². The molecule has 0 spiro atoms. The van der Waals surface area contributed by atoms with Crippen LogP contribution in [0, 0.1) is 10.1 Å². The molecule has 3 aromatic rings. The summed E-state index contributed by atoms with van der Waals surface area (Å²) in [6.07, 6.45) is 0.798. The summed E-state index contributed by atoms with van der Waals surface area (Å²) in [6.45, 7) is 0. The number of rotatable bonds is 6. The van der Waals surface area contributed by atoms with Crippen molar-refractivity contribution in [2.45, 2.75) is 11.7 Å². The molecular weight excluding hydrogens is 418 g/mol. The molecule has 0 radical (unpaired) electrons. The second-order valence-electron chi connectivity index (χ2n) is 6.99. The number of nitrogens with zero attached hydrogens (tertiary/aromatic N) is 1. The van der Waals surface area contributed by atoms with Crippen molar-refractivity contribution in [3.05, 3.63) is 105 Å². The number of hydrogen-bond donors (Lipinski definition) is 1. The molecule has 8 heteroatoms. The summed E-state index contributed by atoms with van der Waals surface area (Å²) < 4.78 is 28.2. The summed E-state index contributed by atoms with van der Waals surface area (Å²) in [4.78, 5) is 23.0. The van der Waals surface area contributed by atoms with Crippen molar-refractivity contribution in [3.63, 3.8) is 0 Å². The van der Waals surface area contributed by atoms with Crippen molar-refractivity contribution >= 4 is 34.0 Å². The second kappa shape index (κ2) is 8.53. The minimum atomic E-state index is -2.55. The lowest BCUT2D eigenvalue weighted by Crippen LogP contribution is -2.16.